The summed E-state index contributed by atoms with van der Waals surface area (Å²) in [5.74, 6) is 0.565. The second-order valence-corrected chi connectivity index (χ2v) is 4.93. The smallest absolute Gasteiger partial charge is 0.262 e. The number of aromatic nitrogens is 3. The molecule has 0 radical (unpaired) electrons. The van der Waals surface area contributed by atoms with Gasteiger partial charge >= 0.3 is 10.2 Å². The average Bonchev–Trinajstić information content (AvgIpc) is 2.68. The maximum Gasteiger partial charge on any atom is 0.369 e. The maximum absolute atomic E-state index is 12.6. The van der Waals surface area contributed by atoms with Crippen LogP contribution in [0.15, 0.2) is 5.16 Å². The van der Waals surface area contributed by atoms with E-state index in [0.29, 0.717) is 5.82 Å². The first kappa shape index (κ1) is 13.1. The van der Waals surface area contributed by atoms with Gasteiger partial charge in [-0.2, -0.15) is 13.4 Å². The molecule has 0 spiro atoms. The summed E-state index contributed by atoms with van der Waals surface area (Å²) in [6, 6.07) is 0. The van der Waals surface area contributed by atoms with E-state index in [1.54, 1.807) is 0 Å². The molecule has 5 nitrogen and oxygen atoms in total. The van der Waals surface area contributed by atoms with Crippen molar-refractivity contribution in [1.82, 2.24) is 15.2 Å². The summed E-state index contributed by atoms with van der Waals surface area (Å²) in [7, 11) is -4.80. The van der Waals surface area contributed by atoms with Gasteiger partial charge in [-0.05, 0) is 12.8 Å². The Bertz CT molecular complexity index is 430. The Kier molecular flexibility index (Phi) is 4.40. The van der Waals surface area contributed by atoms with Crippen LogP contribution in [0.2, 0.25) is 0 Å². The van der Waals surface area contributed by atoms with Crippen LogP contribution in [0.5, 0.6) is 0 Å². The molecule has 0 saturated carbocycles. The van der Waals surface area contributed by atoms with Crippen LogP contribution in [0, 0.1) is 0 Å². The highest BCUT2D eigenvalue weighted by Gasteiger charge is 2.21. The lowest BCUT2D eigenvalue weighted by Crippen LogP contribution is -2.00. The number of rotatable bonds is 6. The van der Waals surface area contributed by atoms with E-state index < -0.39 is 15.4 Å². The molecule has 1 rings (SSSR count). The first-order chi connectivity index (χ1) is 7.49. The van der Waals surface area contributed by atoms with E-state index in [4.69, 9.17) is 0 Å². The van der Waals surface area contributed by atoms with Gasteiger partial charge in [0.05, 0.1) is 0 Å². The lowest BCUT2D eigenvalue weighted by molar-refractivity contribution is 0.537. The molecule has 1 aromatic rings. The molecule has 0 aromatic carbocycles. The zero-order valence-corrected chi connectivity index (χ0v) is 10.2. The van der Waals surface area contributed by atoms with Gasteiger partial charge in [-0.3, -0.25) is 5.10 Å². The Labute approximate surface area is 94.7 Å². The molecule has 0 amide bonds. The van der Waals surface area contributed by atoms with E-state index in [1.165, 1.54) is 0 Å². The largest absolute Gasteiger partial charge is 0.369 e. The SMILES string of the molecule is CCCCC(CC)c1nc(S(=O)(=O)F)n[nH]1. The number of hydrogen-bond acceptors (Lipinski definition) is 4. The lowest BCUT2D eigenvalue weighted by Gasteiger charge is -2.09. The second-order valence-electron chi connectivity index (χ2n) is 3.69. The molecule has 16 heavy (non-hydrogen) atoms. The fraction of sp³-hybridized carbons (Fsp3) is 0.778. The molecule has 1 N–H and O–H groups in total. The molecule has 0 aliphatic heterocycles. The van der Waals surface area contributed by atoms with Crippen molar-refractivity contribution in [2.45, 2.75) is 50.6 Å². The molecule has 0 aliphatic carbocycles. The fourth-order valence-electron chi connectivity index (χ4n) is 1.53. The van der Waals surface area contributed by atoms with Crippen molar-refractivity contribution in [2.24, 2.45) is 0 Å². The Morgan fingerprint density at radius 3 is 2.56 bits per heavy atom. The van der Waals surface area contributed by atoms with Crippen molar-refractivity contribution in [1.29, 1.82) is 0 Å². The van der Waals surface area contributed by atoms with Crippen LogP contribution < -0.4 is 0 Å². The van der Waals surface area contributed by atoms with E-state index in [9.17, 15) is 12.3 Å². The summed E-state index contributed by atoms with van der Waals surface area (Å²) in [5.41, 5.74) is 0. The Balaban J connectivity index is 2.83. The molecule has 1 atom stereocenters. The predicted molar refractivity (Wildman–Crippen MR) is 57.2 cm³/mol. The standard InChI is InChI=1S/C9H16FN3O2S/c1-3-5-6-7(4-2)8-11-9(13-12-8)16(10,14)15/h7H,3-6H2,1-2H3,(H,11,12,13). The van der Waals surface area contributed by atoms with E-state index in [1.807, 2.05) is 6.92 Å². The topological polar surface area (TPSA) is 75.7 Å². The number of unbranched alkanes of at least 4 members (excludes halogenated alkanes) is 1. The van der Waals surface area contributed by atoms with E-state index >= 15 is 0 Å². The third kappa shape index (κ3) is 3.26. The number of halogens is 1. The monoisotopic (exact) mass is 249 g/mol. The van der Waals surface area contributed by atoms with Crippen molar-refractivity contribution in [3.63, 3.8) is 0 Å². The molecule has 0 aliphatic rings. The summed E-state index contributed by atoms with van der Waals surface area (Å²) in [5, 5.41) is 5.09. The minimum atomic E-state index is -4.80. The number of H-pyrrole nitrogens is 1. The van der Waals surface area contributed by atoms with Gasteiger partial charge in [0.15, 0.2) is 0 Å². The van der Waals surface area contributed by atoms with Gasteiger partial charge in [-0.1, -0.05) is 30.6 Å². The van der Waals surface area contributed by atoms with Crippen LogP contribution in [0.25, 0.3) is 0 Å². The van der Waals surface area contributed by atoms with Crippen LogP contribution in [-0.4, -0.2) is 23.6 Å². The summed E-state index contributed by atoms with van der Waals surface area (Å²) < 4.78 is 33.7. The van der Waals surface area contributed by atoms with Crippen LogP contribution in [-0.2, 0) is 10.2 Å². The molecule has 1 aromatic heterocycles. The third-order valence-corrected chi connectivity index (χ3v) is 3.10. The van der Waals surface area contributed by atoms with Gasteiger partial charge < -0.3 is 0 Å². The van der Waals surface area contributed by atoms with Gasteiger partial charge in [0.25, 0.3) is 5.16 Å². The van der Waals surface area contributed by atoms with Crippen LogP contribution >= 0.6 is 0 Å². The number of nitrogens with one attached hydrogen (secondary N) is 1. The highest BCUT2D eigenvalue weighted by molar-refractivity contribution is 7.86. The molecule has 92 valence electrons. The van der Waals surface area contributed by atoms with Gasteiger partial charge in [0.2, 0.25) is 0 Å². The van der Waals surface area contributed by atoms with Crippen LogP contribution in [0.3, 0.4) is 0 Å². The molecule has 7 heteroatoms. The third-order valence-electron chi connectivity index (χ3n) is 2.49. The molecule has 1 unspecified atom stereocenters. The molecule has 1 heterocycles. The average molecular weight is 249 g/mol. The van der Waals surface area contributed by atoms with Crippen molar-refractivity contribution in [3.05, 3.63) is 5.82 Å². The van der Waals surface area contributed by atoms with E-state index in [2.05, 4.69) is 22.1 Å². The predicted octanol–water partition coefficient (Wildman–Crippen LogP) is 2.15. The summed E-state index contributed by atoms with van der Waals surface area (Å²) in [4.78, 5) is 3.68. The van der Waals surface area contributed by atoms with Crippen LogP contribution in [0.1, 0.15) is 51.3 Å². The second kappa shape index (κ2) is 5.38. The zero-order valence-electron chi connectivity index (χ0n) is 9.40. The van der Waals surface area contributed by atoms with Crippen molar-refractivity contribution in [2.75, 3.05) is 0 Å². The van der Waals surface area contributed by atoms with Crippen molar-refractivity contribution >= 4 is 10.2 Å². The van der Waals surface area contributed by atoms with E-state index in [0.717, 1.165) is 25.7 Å². The minimum Gasteiger partial charge on any atom is -0.262 e. The summed E-state index contributed by atoms with van der Waals surface area (Å²) in [6.45, 7) is 4.05. The quantitative estimate of drug-likeness (QED) is 0.784. The summed E-state index contributed by atoms with van der Waals surface area (Å²) in [6.07, 6.45) is 3.80. The van der Waals surface area contributed by atoms with Crippen LogP contribution in [0.4, 0.5) is 3.89 Å². The Hall–Kier alpha value is -0.980. The molecular formula is C9H16FN3O2S. The van der Waals surface area contributed by atoms with Gasteiger partial charge in [0.1, 0.15) is 5.82 Å². The van der Waals surface area contributed by atoms with Crippen molar-refractivity contribution in [3.8, 4) is 0 Å². The van der Waals surface area contributed by atoms with Gasteiger partial charge in [-0.15, -0.1) is 5.10 Å². The normalized spacial score (nSPS) is 13.9. The molecule has 0 bridgehead atoms. The highest BCUT2D eigenvalue weighted by Crippen LogP contribution is 2.23. The molecular weight excluding hydrogens is 233 g/mol. The first-order valence-corrected chi connectivity index (χ1v) is 6.74. The zero-order chi connectivity index (χ0) is 12.2. The number of hydrogen-bond donors (Lipinski definition) is 1. The number of aromatic amines is 1. The molecule has 0 fully saturated rings. The van der Waals surface area contributed by atoms with Crippen molar-refractivity contribution < 1.29 is 12.3 Å². The minimum absolute atomic E-state index is 0.114. The van der Waals surface area contributed by atoms with Gasteiger partial charge in [0, 0.05) is 5.92 Å². The highest BCUT2D eigenvalue weighted by atomic mass is 32.3. The maximum atomic E-state index is 12.6. The van der Waals surface area contributed by atoms with E-state index in [-0.39, 0.29) is 5.92 Å². The molecule has 0 saturated heterocycles. The Morgan fingerprint density at radius 1 is 1.44 bits per heavy atom. The summed E-state index contributed by atoms with van der Waals surface area (Å²) >= 11 is 0. The Morgan fingerprint density at radius 2 is 2.12 bits per heavy atom. The van der Waals surface area contributed by atoms with Gasteiger partial charge in [-0.25, -0.2) is 0 Å². The fourth-order valence-corrected chi connectivity index (χ4v) is 1.90. The first-order valence-electron chi connectivity index (χ1n) is 5.36. The lowest BCUT2D eigenvalue weighted by atomic mass is 9.99. The number of nitrogens with zero attached hydrogens (tertiary/aromatic N) is 2.